The minimum atomic E-state index is 0.520. The predicted octanol–water partition coefficient (Wildman–Crippen LogP) is 1.38. The molecular weight excluding hydrogens is 199 g/mol. The second kappa shape index (κ2) is 3.83. The van der Waals surface area contributed by atoms with Crippen LogP contribution in [0.25, 0.3) is 0 Å². The van der Waals surface area contributed by atoms with Gasteiger partial charge in [0.25, 0.3) is 0 Å². The molecule has 1 N–H and O–H groups in total. The number of aromatic nitrogens is 1. The van der Waals surface area contributed by atoms with Crippen LogP contribution >= 0.6 is 23.2 Å². The van der Waals surface area contributed by atoms with Crippen LogP contribution in [0.3, 0.4) is 0 Å². The number of nitrogens with one attached hydrogen (secondary N) is 1. The maximum absolute atomic E-state index is 5.87. The molecule has 66 valence electrons. The lowest BCUT2D eigenvalue weighted by Crippen LogP contribution is -2.39. The molecule has 12 heavy (non-hydrogen) atoms. The van der Waals surface area contributed by atoms with Gasteiger partial charge in [0.1, 0.15) is 17.2 Å². The molecular formula is C7H9Cl2N2O+. The number of nitrogens with zero attached hydrogens (tertiary/aromatic N) is 1. The zero-order valence-electron chi connectivity index (χ0n) is 6.77. The van der Waals surface area contributed by atoms with E-state index in [0.717, 1.165) is 0 Å². The zero-order chi connectivity index (χ0) is 9.14. The number of rotatable bonds is 2. The highest BCUT2D eigenvalue weighted by molar-refractivity contribution is 6.38. The van der Waals surface area contributed by atoms with Crippen molar-refractivity contribution in [2.24, 2.45) is 0 Å². The van der Waals surface area contributed by atoms with Gasteiger partial charge in [0.2, 0.25) is 12.4 Å². The highest BCUT2D eigenvalue weighted by atomic mass is 35.5. The average molecular weight is 208 g/mol. The molecule has 0 saturated carbocycles. The van der Waals surface area contributed by atoms with Gasteiger partial charge in [-0.05, 0) is 0 Å². The smallest absolute Gasteiger partial charge is 0.243 e. The molecule has 1 aromatic rings. The SMILES string of the molecule is CNc1c(Cl)c[n+](OC)cc1Cl. The quantitative estimate of drug-likeness (QED) is 0.742. The standard InChI is InChI=1S/C7H8Cl2N2O/c1-10-7-5(8)3-11(12-2)4-6(7)9/h3-4H,1-2H3/p+1. The lowest BCUT2D eigenvalue weighted by molar-refractivity contribution is -0.885. The number of hydrogen-bond donors (Lipinski definition) is 1. The van der Waals surface area contributed by atoms with Crippen molar-refractivity contribution in [1.82, 2.24) is 0 Å². The van der Waals surface area contributed by atoms with Crippen molar-refractivity contribution in [1.29, 1.82) is 0 Å². The highest BCUT2D eigenvalue weighted by Gasteiger charge is 2.12. The molecule has 0 aromatic carbocycles. The molecule has 0 atom stereocenters. The van der Waals surface area contributed by atoms with Crippen LogP contribution in [0, 0.1) is 0 Å². The Bertz CT molecular complexity index is 268. The summed E-state index contributed by atoms with van der Waals surface area (Å²) in [5.41, 5.74) is 0.701. The van der Waals surface area contributed by atoms with E-state index in [1.165, 1.54) is 11.8 Å². The van der Waals surface area contributed by atoms with E-state index in [4.69, 9.17) is 28.0 Å². The first-order chi connectivity index (χ1) is 5.69. The maximum Gasteiger partial charge on any atom is 0.243 e. The van der Waals surface area contributed by atoms with Crippen LogP contribution in [-0.2, 0) is 0 Å². The minimum absolute atomic E-state index is 0.520. The third-order valence-corrected chi connectivity index (χ3v) is 1.99. The fourth-order valence-corrected chi connectivity index (χ4v) is 1.48. The van der Waals surface area contributed by atoms with Crippen molar-refractivity contribution in [3.05, 3.63) is 22.4 Å². The molecule has 0 radical (unpaired) electrons. The third kappa shape index (κ3) is 1.73. The highest BCUT2D eigenvalue weighted by Crippen LogP contribution is 2.26. The lowest BCUT2D eigenvalue weighted by atomic mass is 10.4. The molecule has 3 nitrogen and oxygen atoms in total. The summed E-state index contributed by atoms with van der Waals surface area (Å²) in [6.07, 6.45) is 3.25. The van der Waals surface area contributed by atoms with Crippen molar-refractivity contribution in [2.75, 3.05) is 19.5 Å². The molecule has 0 spiro atoms. The second-order valence-corrected chi connectivity index (χ2v) is 2.94. The van der Waals surface area contributed by atoms with Crippen LogP contribution < -0.4 is 14.9 Å². The molecule has 0 aliphatic heterocycles. The van der Waals surface area contributed by atoms with Gasteiger partial charge in [-0.25, -0.2) is 0 Å². The average Bonchev–Trinajstić information content (AvgIpc) is 2.03. The van der Waals surface area contributed by atoms with Crippen LogP contribution in [0.15, 0.2) is 12.4 Å². The van der Waals surface area contributed by atoms with Crippen LogP contribution in [0.5, 0.6) is 0 Å². The molecule has 5 heteroatoms. The van der Waals surface area contributed by atoms with E-state index in [0.29, 0.717) is 15.7 Å². The van der Waals surface area contributed by atoms with E-state index < -0.39 is 0 Å². The molecule has 1 rings (SSSR count). The number of hydrogen-bond acceptors (Lipinski definition) is 2. The Morgan fingerprint density at radius 3 is 2.17 bits per heavy atom. The number of anilines is 1. The van der Waals surface area contributed by atoms with Crippen LogP contribution in [-0.4, -0.2) is 14.2 Å². The molecule has 0 amide bonds. The molecule has 0 saturated heterocycles. The van der Waals surface area contributed by atoms with Crippen molar-refractivity contribution >= 4 is 28.9 Å². The van der Waals surface area contributed by atoms with Crippen molar-refractivity contribution in [2.45, 2.75) is 0 Å². The fourth-order valence-electron chi connectivity index (χ4n) is 0.848. The summed E-state index contributed by atoms with van der Waals surface area (Å²) in [6.45, 7) is 0. The summed E-state index contributed by atoms with van der Waals surface area (Å²) in [4.78, 5) is 4.90. The maximum atomic E-state index is 5.87. The summed E-state index contributed by atoms with van der Waals surface area (Å²) < 4.78 is 1.44. The molecule has 0 aliphatic carbocycles. The third-order valence-electron chi connectivity index (χ3n) is 1.42. The molecule has 0 bridgehead atoms. The van der Waals surface area contributed by atoms with Crippen LogP contribution in [0.1, 0.15) is 0 Å². The largest absolute Gasteiger partial charge is 0.385 e. The first-order valence-corrected chi connectivity index (χ1v) is 4.07. The molecule has 0 aliphatic rings. The van der Waals surface area contributed by atoms with E-state index in [2.05, 4.69) is 5.32 Å². The van der Waals surface area contributed by atoms with Crippen molar-refractivity contribution in [3.63, 3.8) is 0 Å². The van der Waals surface area contributed by atoms with Crippen LogP contribution in [0.4, 0.5) is 5.69 Å². The number of pyridine rings is 1. The first-order valence-electron chi connectivity index (χ1n) is 3.31. The Morgan fingerprint density at radius 1 is 1.33 bits per heavy atom. The van der Waals surface area contributed by atoms with Gasteiger partial charge < -0.3 is 5.32 Å². The van der Waals surface area contributed by atoms with Gasteiger partial charge in [-0.15, -0.1) is 0 Å². The van der Waals surface area contributed by atoms with Gasteiger partial charge >= 0.3 is 0 Å². The van der Waals surface area contributed by atoms with Gasteiger partial charge in [0, 0.05) is 11.8 Å². The lowest BCUT2D eigenvalue weighted by Gasteiger charge is -2.02. The normalized spacial score (nSPS) is 9.67. The first kappa shape index (κ1) is 9.42. The summed E-state index contributed by atoms with van der Waals surface area (Å²) in [5.74, 6) is 0. The Kier molecular flexibility index (Phi) is 3.00. The predicted molar refractivity (Wildman–Crippen MR) is 48.7 cm³/mol. The van der Waals surface area contributed by atoms with Gasteiger partial charge in [0.15, 0.2) is 0 Å². The topological polar surface area (TPSA) is 25.1 Å². The summed E-state index contributed by atoms with van der Waals surface area (Å²) >= 11 is 11.7. The van der Waals surface area contributed by atoms with E-state index in [1.54, 1.807) is 19.4 Å². The summed E-state index contributed by atoms with van der Waals surface area (Å²) in [7, 11) is 3.29. The summed E-state index contributed by atoms with van der Waals surface area (Å²) in [5, 5.41) is 3.92. The van der Waals surface area contributed by atoms with Crippen molar-refractivity contribution < 1.29 is 9.57 Å². The van der Waals surface area contributed by atoms with Gasteiger partial charge in [-0.1, -0.05) is 23.2 Å². The molecule has 0 unspecified atom stereocenters. The Labute approximate surface area is 80.8 Å². The Hall–Kier alpha value is -0.670. The Balaban J connectivity index is 3.18. The van der Waals surface area contributed by atoms with E-state index >= 15 is 0 Å². The fraction of sp³-hybridized carbons (Fsp3) is 0.286. The van der Waals surface area contributed by atoms with Gasteiger partial charge in [0.05, 0.1) is 5.69 Å². The van der Waals surface area contributed by atoms with E-state index in [-0.39, 0.29) is 0 Å². The number of halogens is 2. The molecule has 1 aromatic heterocycles. The monoisotopic (exact) mass is 207 g/mol. The minimum Gasteiger partial charge on any atom is -0.385 e. The van der Waals surface area contributed by atoms with E-state index in [9.17, 15) is 0 Å². The van der Waals surface area contributed by atoms with Crippen LogP contribution in [0.2, 0.25) is 10.0 Å². The van der Waals surface area contributed by atoms with Gasteiger partial charge in [-0.2, -0.15) is 0 Å². The van der Waals surface area contributed by atoms with Gasteiger partial charge in [-0.3, -0.25) is 4.84 Å². The van der Waals surface area contributed by atoms with Crippen molar-refractivity contribution in [3.8, 4) is 0 Å². The summed E-state index contributed by atoms with van der Waals surface area (Å²) in [6, 6.07) is 0. The molecule has 1 heterocycles. The molecule has 0 fully saturated rings. The Morgan fingerprint density at radius 2 is 1.83 bits per heavy atom. The zero-order valence-corrected chi connectivity index (χ0v) is 8.28. The second-order valence-electron chi connectivity index (χ2n) is 2.12. The van der Waals surface area contributed by atoms with E-state index in [1.807, 2.05) is 0 Å².